The van der Waals surface area contributed by atoms with Crippen LogP contribution in [0.15, 0.2) is 48.6 Å². The van der Waals surface area contributed by atoms with Crippen molar-refractivity contribution in [1.82, 2.24) is 0 Å². The third-order valence-corrected chi connectivity index (χ3v) is 14.1. The fourth-order valence-corrected chi connectivity index (χ4v) is 9.27. The van der Waals surface area contributed by atoms with Gasteiger partial charge in [-0.05, 0) is 83.5 Å². The molecule has 0 bridgehead atoms. The summed E-state index contributed by atoms with van der Waals surface area (Å²) in [6.07, 6.45) is 75.5. The molecule has 420 valence electrons. The third-order valence-electron chi connectivity index (χ3n) is 14.1. The van der Waals surface area contributed by atoms with Crippen molar-refractivity contribution in [3.8, 4) is 0 Å². The quantitative estimate of drug-likeness (QED) is 0.0261. The summed E-state index contributed by atoms with van der Waals surface area (Å²) in [5.41, 5.74) is 0. The Morgan fingerprint density at radius 1 is 0.278 bits per heavy atom. The van der Waals surface area contributed by atoms with Crippen LogP contribution >= 0.6 is 0 Å². The molecule has 0 aliphatic rings. The average molecular weight is 1010 g/mol. The second-order valence-electron chi connectivity index (χ2n) is 21.3. The molecule has 0 N–H and O–H groups in total. The summed E-state index contributed by atoms with van der Waals surface area (Å²) in [5, 5.41) is 0. The molecule has 0 amide bonds. The Bertz CT molecular complexity index is 1250. The molecular formula is C66H120O6. The molecule has 0 aromatic rings. The minimum atomic E-state index is -0.774. The second-order valence-corrected chi connectivity index (χ2v) is 21.3. The summed E-state index contributed by atoms with van der Waals surface area (Å²) in [5.74, 6) is -0.865. The van der Waals surface area contributed by atoms with E-state index in [0.29, 0.717) is 19.3 Å². The molecule has 0 radical (unpaired) electrons. The number of carbonyl (C=O) groups excluding carboxylic acids is 3. The number of ether oxygens (including phenoxy) is 3. The molecule has 0 aromatic carbocycles. The van der Waals surface area contributed by atoms with Gasteiger partial charge in [0.25, 0.3) is 0 Å². The first kappa shape index (κ1) is 69.4. The summed E-state index contributed by atoms with van der Waals surface area (Å²) in [7, 11) is 0. The van der Waals surface area contributed by atoms with Gasteiger partial charge in [-0.2, -0.15) is 0 Å². The van der Waals surface area contributed by atoms with Crippen LogP contribution in [0.25, 0.3) is 0 Å². The lowest BCUT2D eigenvalue weighted by atomic mass is 10.0. The van der Waals surface area contributed by atoms with E-state index in [2.05, 4.69) is 69.4 Å². The molecule has 6 nitrogen and oxygen atoms in total. The van der Waals surface area contributed by atoms with Crippen LogP contribution in [0.4, 0.5) is 0 Å². The minimum absolute atomic E-state index is 0.0730. The number of esters is 3. The maximum Gasteiger partial charge on any atom is 0.306 e. The maximum atomic E-state index is 12.9. The SMILES string of the molecule is CCCCC/C=C\CCCCCCCC(=O)OCC(COC(=O)CCCCCCCCCCCCCC/C=C\C/C=C\C/C=C\CCCCCCC)OC(=O)CCCCCCCCCCCCCCCCC. The molecule has 72 heavy (non-hydrogen) atoms. The van der Waals surface area contributed by atoms with Gasteiger partial charge in [0, 0.05) is 19.3 Å². The zero-order valence-electron chi connectivity index (χ0n) is 48.2. The van der Waals surface area contributed by atoms with Crippen LogP contribution in [-0.2, 0) is 28.6 Å². The van der Waals surface area contributed by atoms with Crippen molar-refractivity contribution in [2.75, 3.05) is 13.2 Å². The van der Waals surface area contributed by atoms with E-state index in [1.54, 1.807) is 0 Å². The Morgan fingerprint density at radius 3 is 0.819 bits per heavy atom. The number of hydrogen-bond acceptors (Lipinski definition) is 6. The van der Waals surface area contributed by atoms with Gasteiger partial charge in [-0.15, -0.1) is 0 Å². The number of carbonyl (C=O) groups is 3. The highest BCUT2D eigenvalue weighted by Gasteiger charge is 2.19. The first-order valence-electron chi connectivity index (χ1n) is 31.6. The van der Waals surface area contributed by atoms with Crippen molar-refractivity contribution in [3.05, 3.63) is 48.6 Å². The van der Waals surface area contributed by atoms with Crippen LogP contribution in [0.3, 0.4) is 0 Å². The lowest BCUT2D eigenvalue weighted by molar-refractivity contribution is -0.167. The fourth-order valence-electron chi connectivity index (χ4n) is 9.27. The van der Waals surface area contributed by atoms with Crippen molar-refractivity contribution in [3.63, 3.8) is 0 Å². The van der Waals surface area contributed by atoms with Gasteiger partial charge in [0.05, 0.1) is 0 Å². The molecule has 6 heteroatoms. The highest BCUT2D eigenvalue weighted by atomic mass is 16.6. The van der Waals surface area contributed by atoms with Crippen molar-refractivity contribution in [2.24, 2.45) is 0 Å². The topological polar surface area (TPSA) is 78.9 Å². The highest BCUT2D eigenvalue weighted by molar-refractivity contribution is 5.71. The van der Waals surface area contributed by atoms with Gasteiger partial charge in [-0.3, -0.25) is 14.4 Å². The Morgan fingerprint density at radius 2 is 0.500 bits per heavy atom. The van der Waals surface area contributed by atoms with E-state index in [-0.39, 0.29) is 31.1 Å². The average Bonchev–Trinajstić information content (AvgIpc) is 3.38. The normalized spacial score (nSPS) is 12.3. The zero-order valence-corrected chi connectivity index (χ0v) is 48.2. The smallest absolute Gasteiger partial charge is 0.306 e. The van der Waals surface area contributed by atoms with Crippen LogP contribution in [0.5, 0.6) is 0 Å². The summed E-state index contributed by atoms with van der Waals surface area (Å²) in [6.45, 7) is 6.64. The number of hydrogen-bond donors (Lipinski definition) is 0. The molecule has 0 spiro atoms. The molecule has 0 heterocycles. The number of unbranched alkanes of at least 4 members (excludes halogenated alkanes) is 39. The van der Waals surface area contributed by atoms with Crippen molar-refractivity contribution < 1.29 is 28.6 Å². The van der Waals surface area contributed by atoms with E-state index in [1.807, 2.05) is 0 Å². The lowest BCUT2D eigenvalue weighted by Gasteiger charge is -2.18. The molecule has 1 atom stereocenters. The van der Waals surface area contributed by atoms with Gasteiger partial charge in [0.15, 0.2) is 6.10 Å². The molecule has 1 unspecified atom stereocenters. The van der Waals surface area contributed by atoms with Crippen molar-refractivity contribution in [2.45, 2.75) is 341 Å². The molecule has 0 fully saturated rings. The lowest BCUT2D eigenvalue weighted by Crippen LogP contribution is -2.30. The minimum Gasteiger partial charge on any atom is -0.462 e. The number of allylic oxidation sites excluding steroid dienone is 8. The van der Waals surface area contributed by atoms with Gasteiger partial charge >= 0.3 is 17.9 Å². The first-order valence-corrected chi connectivity index (χ1v) is 31.6. The molecular weight excluding hydrogens is 889 g/mol. The summed E-state index contributed by atoms with van der Waals surface area (Å²) in [4.78, 5) is 38.2. The monoisotopic (exact) mass is 1010 g/mol. The van der Waals surface area contributed by atoms with Gasteiger partial charge in [-0.25, -0.2) is 0 Å². The van der Waals surface area contributed by atoms with E-state index in [4.69, 9.17) is 14.2 Å². The van der Waals surface area contributed by atoms with Crippen LogP contribution in [-0.4, -0.2) is 37.2 Å². The van der Waals surface area contributed by atoms with Crippen molar-refractivity contribution in [1.29, 1.82) is 0 Å². The Hall–Kier alpha value is -2.63. The van der Waals surface area contributed by atoms with E-state index in [0.717, 1.165) is 77.0 Å². The van der Waals surface area contributed by atoms with Gasteiger partial charge < -0.3 is 14.2 Å². The Kier molecular flexibility index (Phi) is 58.7. The Balaban J connectivity index is 4.21. The molecule has 0 aromatic heterocycles. The Labute approximate surface area is 448 Å². The van der Waals surface area contributed by atoms with Gasteiger partial charge in [-0.1, -0.05) is 281 Å². The fraction of sp³-hybridized carbons (Fsp3) is 0.833. The van der Waals surface area contributed by atoms with E-state index in [9.17, 15) is 14.4 Å². The van der Waals surface area contributed by atoms with Gasteiger partial charge in [0.1, 0.15) is 13.2 Å². The molecule has 0 rings (SSSR count). The van der Waals surface area contributed by atoms with Crippen LogP contribution in [0.1, 0.15) is 335 Å². The van der Waals surface area contributed by atoms with Crippen LogP contribution < -0.4 is 0 Å². The van der Waals surface area contributed by atoms with E-state index in [1.165, 1.54) is 218 Å². The molecule has 0 aliphatic carbocycles. The summed E-state index contributed by atoms with van der Waals surface area (Å²) < 4.78 is 16.9. The largest absolute Gasteiger partial charge is 0.462 e. The predicted octanol–water partition coefficient (Wildman–Crippen LogP) is 21.4. The molecule has 0 saturated heterocycles. The van der Waals surface area contributed by atoms with Gasteiger partial charge in [0.2, 0.25) is 0 Å². The number of rotatable bonds is 58. The van der Waals surface area contributed by atoms with Crippen LogP contribution in [0, 0.1) is 0 Å². The molecule has 0 saturated carbocycles. The van der Waals surface area contributed by atoms with Crippen molar-refractivity contribution >= 4 is 17.9 Å². The predicted molar refractivity (Wildman–Crippen MR) is 312 cm³/mol. The van der Waals surface area contributed by atoms with E-state index < -0.39 is 6.10 Å². The standard InChI is InChI=1S/C66H120O6/c1-4-7-10-13-16-19-22-25-27-28-29-30-31-32-33-34-35-36-37-38-40-41-44-47-50-53-56-59-65(68)71-62-63(61-70-64(67)58-55-52-49-46-43-24-21-18-15-12-9-6-3)72-66(69)60-57-54-51-48-45-42-39-26-23-20-17-14-11-8-5-2/h18,21-22,25,28-29,31-32,63H,4-17,19-20,23-24,26-27,30,33-62H2,1-3H3/b21-18-,25-22-,29-28-,32-31-. The van der Waals surface area contributed by atoms with E-state index >= 15 is 0 Å². The molecule has 0 aliphatic heterocycles. The summed E-state index contributed by atoms with van der Waals surface area (Å²) in [6, 6.07) is 0. The summed E-state index contributed by atoms with van der Waals surface area (Å²) >= 11 is 0. The maximum absolute atomic E-state index is 12.9. The first-order chi connectivity index (χ1) is 35.5. The highest BCUT2D eigenvalue weighted by Crippen LogP contribution is 2.17. The third kappa shape index (κ3) is 58.3. The second kappa shape index (κ2) is 60.9. The zero-order chi connectivity index (χ0) is 52.2. The van der Waals surface area contributed by atoms with Crippen LogP contribution in [0.2, 0.25) is 0 Å².